The molecule has 0 N–H and O–H groups in total. The van der Waals surface area contributed by atoms with Crippen molar-refractivity contribution in [1.82, 2.24) is 14.9 Å². The number of likely N-dealkylation sites (N-methyl/N-ethyl adjacent to an activating group) is 1. The molecule has 1 saturated heterocycles. The van der Waals surface area contributed by atoms with Crippen LogP contribution in [0.4, 0.5) is 14.6 Å². The Morgan fingerprint density at radius 1 is 1.18 bits per heavy atom. The summed E-state index contributed by atoms with van der Waals surface area (Å²) in [5.74, 6) is -0.643. The van der Waals surface area contributed by atoms with E-state index in [1.165, 1.54) is 0 Å². The minimum absolute atomic E-state index is 0.0468. The summed E-state index contributed by atoms with van der Waals surface area (Å²) in [6, 6.07) is 9.59. The average Bonchev–Trinajstić information content (AvgIpc) is 3.29. The van der Waals surface area contributed by atoms with Gasteiger partial charge in [0.15, 0.2) is 17.5 Å². The lowest BCUT2D eigenvalue weighted by atomic mass is 10.1. The Hall–Kier alpha value is -3.29. The second-order valence-electron chi connectivity index (χ2n) is 8.55. The molecule has 0 spiro atoms. The molecule has 8 heteroatoms. The summed E-state index contributed by atoms with van der Waals surface area (Å²) in [6.45, 7) is 7.69. The maximum atomic E-state index is 13.9. The van der Waals surface area contributed by atoms with Gasteiger partial charge in [0.25, 0.3) is 0 Å². The van der Waals surface area contributed by atoms with Crippen LogP contribution in [0, 0.1) is 17.6 Å². The normalized spacial score (nSPS) is 16.0. The van der Waals surface area contributed by atoms with E-state index in [0.717, 1.165) is 24.1 Å². The number of carbonyl (C=O) groups is 1. The Balaban J connectivity index is 1.78. The molecule has 174 valence electrons. The van der Waals surface area contributed by atoms with Crippen LogP contribution >= 0.6 is 0 Å². The Bertz CT molecular complexity index is 1180. The molecule has 33 heavy (non-hydrogen) atoms. The number of hydrogen-bond acceptors (Lipinski definition) is 5. The van der Waals surface area contributed by atoms with Gasteiger partial charge in [-0.25, -0.2) is 18.7 Å². The number of nitrogens with zero attached hydrogens (tertiary/aromatic N) is 4. The number of amides is 1. The second kappa shape index (κ2) is 9.29. The minimum Gasteiger partial charge on any atom is -0.497 e. The van der Waals surface area contributed by atoms with Crippen LogP contribution in [0.25, 0.3) is 22.3 Å². The zero-order chi connectivity index (χ0) is 23.7. The number of benzene rings is 2. The zero-order valence-electron chi connectivity index (χ0n) is 19.3. The fourth-order valence-electron chi connectivity index (χ4n) is 4.34. The van der Waals surface area contributed by atoms with Gasteiger partial charge in [0.05, 0.1) is 24.2 Å². The third kappa shape index (κ3) is 4.47. The van der Waals surface area contributed by atoms with Crippen LogP contribution in [0.1, 0.15) is 27.2 Å². The summed E-state index contributed by atoms with van der Waals surface area (Å²) in [7, 11) is 1.58. The van der Waals surface area contributed by atoms with Crippen molar-refractivity contribution in [3.8, 4) is 17.0 Å². The Morgan fingerprint density at radius 3 is 2.52 bits per heavy atom. The summed E-state index contributed by atoms with van der Waals surface area (Å²) < 4.78 is 33.2. The molecule has 0 unspecified atom stereocenters. The number of methoxy groups -OCH3 is 1. The SMILES string of the molecule is CCN(C(=O)C(C)C)[C@H]1CCN(c2nc3cc(F)c(F)cc3nc2-c2cccc(OC)c2)C1. The second-order valence-corrected chi connectivity index (χ2v) is 8.55. The lowest BCUT2D eigenvalue weighted by molar-refractivity contribution is -0.136. The van der Waals surface area contributed by atoms with Crippen molar-refractivity contribution in [2.24, 2.45) is 5.92 Å². The maximum Gasteiger partial charge on any atom is 0.225 e. The molecular formula is C25H28F2N4O2. The van der Waals surface area contributed by atoms with Crippen LogP contribution in [-0.2, 0) is 4.79 Å². The topological polar surface area (TPSA) is 58.6 Å². The quantitative estimate of drug-likeness (QED) is 0.542. The first-order valence-electron chi connectivity index (χ1n) is 11.2. The number of rotatable bonds is 6. The van der Waals surface area contributed by atoms with Gasteiger partial charge in [-0.05, 0) is 25.5 Å². The van der Waals surface area contributed by atoms with Crippen LogP contribution in [0.5, 0.6) is 5.75 Å². The van der Waals surface area contributed by atoms with E-state index in [1.54, 1.807) is 7.11 Å². The molecular weight excluding hydrogens is 426 g/mol. The number of anilines is 1. The highest BCUT2D eigenvalue weighted by Crippen LogP contribution is 2.34. The van der Waals surface area contributed by atoms with Gasteiger partial charge in [0, 0.05) is 43.2 Å². The summed E-state index contributed by atoms with van der Waals surface area (Å²) in [5.41, 5.74) is 1.88. The number of ether oxygens (including phenoxy) is 1. The highest BCUT2D eigenvalue weighted by atomic mass is 19.2. The van der Waals surface area contributed by atoms with Crippen LogP contribution < -0.4 is 9.64 Å². The van der Waals surface area contributed by atoms with E-state index >= 15 is 0 Å². The standard InChI is InChI=1S/C25H28F2N4O2/c1-5-31(25(32)15(2)3)17-9-10-30(14-17)24-23(16-7-6-8-18(11-16)33-4)28-21-12-19(26)20(27)13-22(21)29-24/h6-8,11-13,15,17H,5,9-10,14H2,1-4H3/t17-/m0/s1. The Morgan fingerprint density at radius 2 is 1.88 bits per heavy atom. The molecule has 1 aliphatic heterocycles. The number of halogens is 2. The first-order valence-corrected chi connectivity index (χ1v) is 11.2. The predicted molar refractivity (Wildman–Crippen MR) is 124 cm³/mol. The highest BCUT2D eigenvalue weighted by molar-refractivity contribution is 5.84. The molecule has 2 aromatic carbocycles. The fourth-order valence-corrected chi connectivity index (χ4v) is 4.34. The Kier molecular flexibility index (Phi) is 6.44. The number of aromatic nitrogens is 2. The smallest absolute Gasteiger partial charge is 0.225 e. The van der Waals surface area contributed by atoms with Crippen molar-refractivity contribution >= 4 is 22.8 Å². The zero-order valence-corrected chi connectivity index (χ0v) is 19.3. The van der Waals surface area contributed by atoms with Crippen molar-refractivity contribution in [3.05, 3.63) is 48.0 Å². The third-order valence-corrected chi connectivity index (χ3v) is 6.05. The largest absolute Gasteiger partial charge is 0.497 e. The fraction of sp³-hybridized carbons (Fsp3) is 0.400. The van der Waals surface area contributed by atoms with Crippen molar-refractivity contribution in [2.75, 3.05) is 31.6 Å². The summed E-state index contributed by atoms with van der Waals surface area (Å²) in [5, 5.41) is 0. The molecule has 2 heterocycles. The van der Waals surface area contributed by atoms with E-state index in [-0.39, 0.29) is 28.9 Å². The lowest BCUT2D eigenvalue weighted by Gasteiger charge is -2.30. The predicted octanol–water partition coefficient (Wildman–Crippen LogP) is 4.67. The van der Waals surface area contributed by atoms with E-state index in [1.807, 2.05) is 49.9 Å². The van der Waals surface area contributed by atoms with Gasteiger partial charge in [0.2, 0.25) is 5.91 Å². The monoisotopic (exact) mass is 454 g/mol. The van der Waals surface area contributed by atoms with E-state index in [4.69, 9.17) is 9.72 Å². The number of fused-ring (bicyclic) bond motifs is 1. The van der Waals surface area contributed by atoms with Gasteiger partial charge in [-0.2, -0.15) is 0 Å². The first-order chi connectivity index (χ1) is 15.8. The van der Waals surface area contributed by atoms with Crippen LogP contribution in [0.15, 0.2) is 36.4 Å². The lowest BCUT2D eigenvalue weighted by Crippen LogP contribution is -2.43. The van der Waals surface area contributed by atoms with Gasteiger partial charge in [-0.3, -0.25) is 4.79 Å². The third-order valence-electron chi connectivity index (χ3n) is 6.05. The van der Waals surface area contributed by atoms with E-state index in [0.29, 0.717) is 36.9 Å². The van der Waals surface area contributed by atoms with Crippen LogP contribution in [0.3, 0.4) is 0 Å². The number of carbonyl (C=O) groups excluding carboxylic acids is 1. The van der Waals surface area contributed by atoms with E-state index < -0.39 is 11.6 Å². The van der Waals surface area contributed by atoms with Gasteiger partial charge in [-0.1, -0.05) is 26.0 Å². The summed E-state index contributed by atoms with van der Waals surface area (Å²) in [6.07, 6.45) is 0.793. The van der Waals surface area contributed by atoms with Gasteiger partial charge < -0.3 is 14.5 Å². The molecule has 1 amide bonds. The van der Waals surface area contributed by atoms with E-state index in [9.17, 15) is 13.6 Å². The molecule has 4 rings (SSSR count). The minimum atomic E-state index is -0.965. The summed E-state index contributed by atoms with van der Waals surface area (Å²) >= 11 is 0. The van der Waals surface area contributed by atoms with Gasteiger partial charge in [0.1, 0.15) is 11.4 Å². The van der Waals surface area contributed by atoms with E-state index in [2.05, 4.69) is 9.88 Å². The molecule has 3 aromatic rings. The molecule has 6 nitrogen and oxygen atoms in total. The van der Waals surface area contributed by atoms with Crippen molar-refractivity contribution < 1.29 is 18.3 Å². The molecule has 1 fully saturated rings. The first kappa shape index (κ1) is 22.9. The molecule has 0 aliphatic carbocycles. The summed E-state index contributed by atoms with van der Waals surface area (Å²) in [4.78, 5) is 26.1. The van der Waals surface area contributed by atoms with Crippen molar-refractivity contribution in [3.63, 3.8) is 0 Å². The molecule has 1 atom stereocenters. The molecule has 1 aromatic heterocycles. The number of hydrogen-bond donors (Lipinski definition) is 0. The van der Waals surface area contributed by atoms with Crippen LogP contribution in [0.2, 0.25) is 0 Å². The average molecular weight is 455 g/mol. The highest BCUT2D eigenvalue weighted by Gasteiger charge is 2.33. The van der Waals surface area contributed by atoms with Gasteiger partial charge >= 0.3 is 0 Å². The maximum absolute atomic E-state index is 13.9. The molecule has 1 aliphatic rings. The molecule has 0 bridgehead atoms. The Labute approximate surface area is 192 Å². The van der Waals surface area contributed by atoms with Crippen LogP contribution in [-0.4, -0.2) is 53.6 Å². The van der Waals surface area contributed by atoms with Gasteiger partial charge in [-0.15, -0.1) is 0 Å². The van der Waals surface area contributed by atoms with Crippen molar-refractivity contribution in [1.29, 1.82) is 0 Å². The molecule has 0 saturated carbocycles. The van der Waals surface area contributed by atoms with Crippen molar-refractivity contribution in [2.45, 2.75) is 33.2 Å². The molecule has 0 radical (unpaired) electrons.